The zero-order valence-corrected chi connectivity index (χ0v) is 18.4. The molecule has 0 unspecified atom stereocenters. The first kappa shape index (κ1) is 21.2. The predicted molar refractivity (Wildman–Crippen MR) is 126 cm³/mol. The summed E-state index contributed by atoms with van der Waals surface area (Å²) >= 11 is 0. The van der Waals surface area contributed by atoms with Gasteiger partial charge in [0, 0.05) is 19.0 Å². The van der Waals surface area contributed by atoms with Gasteiger partial charge in [0.15, 0.2) is 0 Å². The maximum Gasteiger partial charge on any atom is 0.352 e. The lowest BCUT2D eigenvalue weighted by atomic mass is 9.95. The fraction of sp³-hybridized carbons (Fsp3) is 0.360. The maximum absolute atomic E-state index is 13.3. The second-order valence-corrected chi connectivity index (χ2v) is 8.69. The van der Waals surface area contributed by atoms with Crippen molar-refractivity contribution >= 4 is 22.6 Å². The average molecular weight is 446 g/mol. The summed E-state index contributed by atoms with van der Waals surface area (Å²) in [4.78, 5) is 39.2. The summed E-state index contributed by atoms with van der Waals surface area (Å²) in [6, 6.07) is 16.8. The van der Waals surface area contributed by atoms with Gasteiger partial charge in [0.05, 0.1) is 17.4 Å². The number of rotatable bonds is 6. The molecule has 0 atom stereocenters. The molecule has 1 N–H and O–H groups in total. The highest BCUT2D eigenvalue weighted by Gasteiger charge is 2.19. The van der Waals surface area contributed by atoms with Crippen LogP contribution in [0.3, 0.4) is 0 Å². The van der Waals surface area contributed by atoms with Crippen molar-refractivity contribution in [3.63, 3.8) is 0 Å². The Bertz CT molecular complexity index is 1410. The molecule has 2 heterocycles. The zero-order chi connectivity index (χ0) is 22.8. The van der Waals surface area contributed by atoms with Crippen LogP contribution in [0, 0.1) is 0 Å². The van der Waals surface area contributed by atoms with E-state index < -0.39 is 0 Å². The number of amides is 1. The van der Waals surface area contributed by atoms with Gasteiger partial charge in [-0.25, -0.2) is 13.9 Å². The summed E-state index contributed by atoms with van der Waals surface area (Å²) < 4.78 is 4.29. The zero-order valence-electron chi connectivity index (χ0n) is 18.4. The Morgan fingerprint density at radius 1 is 0.970 bits per heavy atom. The number of carbonyl (C=O) groups is 1. The van der Waals surface area contributed by atoms with E-state index in [9.17, 15) is 14.4 Å². The van der Waals surface area contributed by atoms with Crippen molar-refractivity contribution in [2.24, 2.45) is 0 Å². The molecule has 2 aromatic heterocycles. The molecule has 33 heavy (non-hydrogen) atoms. The number of nitrogens with zero attached hydrogens (tertiary/aromatic N) is 4. The molecular formula is C25H27N5O3. The van der Waals surface area contributed by atoms with Crippen LogP contribution in [0.5, 0.6) is 0 Å². The fourth-order valence-electron chi connectivity index (χ4n) is 4.69. The molecule has 0 bridgehead atoms. The molecule has 0 radical (unpaired) electrons. The van der Waals surface area contributed by atoms with Crippen molar-refractivity contribution in [3.05, 3.63) is 81.0 Å². The minimum atomic E-state index is -0.314. The molecule has 170 valence electrons. The molecule has 8 nitrogen and oxygen atoms in total. The Kier molecular flexibility index (Phi) is 5.81. The van der Waals surface area contributed by atoms with Gasteiger partial charge >= 0.3 is 5.69 Å². The molecule has 1 amide bonds. The van der Waals surface area contributed by atoms with Crippen LogP contribution in [0.25, 0.3) is 16.7 Å². The number of nitrogens with one attached hydrogen (secondary N) is 1. The van der Waals surface area contributed by atoms with E-state index in [0.717, 1.165) is 31.2 Å². The van der Waals surface area contributed by atoms with Crippen molar-refractivity contribution in [3.8, 4) is 0 Å². The van der Waals surface area contributed by atoms with Crippen LogP contribution in [0.4, 0.5) is 0 Å². The molecule has 1 aliphatic rings. The van der Waals surface area contributed by atoms with Gasteiger partial charge in [0.25, 0.3) is 5.56 Å². The van der Waals surface area contributed by atoms with E-state index in [-0.39, 0.29) is 41.9 Å². The molecule has 1 aliphatic carbocycles. The van der Waals surface area contributed by atoms with Crippen LogP contribution < -0.4 is 16.6 Å². The van der Waals surface area contributed by atoms with Gasteiger partial charge in [0.1, 0.15) is 0 Å². The number of aromatic nitrogens is 4. The first-order valence-electron chi connectivity index (χ1n) is 11.6. The lowest BCUT2D eigenvalue weighted by Gasteiger charge is -2.22. The van der Waals surface area contributed by atoms with Crippen LogP contribution in [-0.4, -0.2) is 30.7 Å². The van der Waals surface area contributed by atoms with E-state index in [2.05, 4.69) is 10.4 Å². The summed E-state index contributed by atoms with van der Waals surface area (Å²) in [7, 11) is 0. The Labute approximate surface area is 190 Å². The van der Waals surface area contributed by atoms with Gasteiger partial charge in [-0.3, -0.25) is 14.2 Å². The first-order chi connectivity index (χ1) is 16.1. The number of carbonyl (C=O) groups excluding carboxylic acids is 1. The Hall–Kier alpha value is -3.68. The second kappa shape index (κ2) is 9.05. The molecule has 0 spiro atoms. The smallest absolute Gasteiger partial charge is 0.352 e. The number of para-hydroxylation sites is 1. The van der Waals surface area contributed by atoms with E-state index in [1.807, 2.05) is 30.3 Å². The standard InChI is InChI=1S/C25H27N5O3/c31-22(26-19-11-5-2-6-12-19)15-16-28-23(32)20-13-7-8-14-21(20)30-24(28)27-29(25(30)33)17-18-9-3-1-4-10-18/h1,3-4,7-10,13-14,19H,2,5-6,11-12,15-17H2,(H,26,31). The van der Waals surface area contributed by atoms with Crippen molar-refractivity contribution < 1.29 is 4.79 Å². The second-order valence-electron chi connectivity index (χ2n) is 8.69. The minimum absolute atomic E-state index is 0.0776. The monoisotopic (exact) mass is 445 g/mol. The molecule has 4 aromatic rings. The molecule has 8 heteroatoms. The van der Waals surface area contributed by atoms with Gasteiger partial charge in [-0.15, -0.1) is 5.10 Å². The molecule has 5 rings (SSSR count). The number of hydrogen-bond acceptors (Lipinski definition) is 4. The number of benzene rings is 2. The Balaban J connectivity index is 1.52. The van der Waals surface area contributed by atoms with Crippen molar-refractivity contribution in [2.45, 2.75) is 57.7 Å². The van der Waals surface area contributed by atoms with Gasteiger partial charge in [-0.1, -0.05) is 61.7 Å². The molecule has 1 saturated carbocycles. The third-order valence-corrected chi connectivity index (χ3v) is 6.39. The maximum atomic E-state index is 13.3. The predicted octanol–water partition coefficient (Wildman–Crippen LogP) is 2.70. The van der Waals surface area contributed by atoms with Gasteiger partial charge in [-0.2, -0.15) is 0 Å². The van der Waals surface area contributed by atoms with Crippen LogP contribution in [0.15, 0.2) is 64.2 Å². The van der Waals surface area contributed by atoms with E-state index >= 15 is 0 Å². The highest BCUT2D eigenvalue weighted by Crippen LogP contribution is 2.17. The summed E-state index contributed by atoms with van der Waals surface area (Å²) in [5.74, 6) is 0.177. The molecular weight excluding hydrogens is 418 g/mol. The quantitative estimate of drug-likeness (QED) is 0.494. The SMILES string of the molecule is O=C(CCn1c(=O)c2ccccc2n2c(=O)n(Cc3ccccc3)nc12)NC1CCCCC1. The van der Waals surface area contributed by atoms with Gasteiger partial charge < -0.3 is 5.32 Å². The van der Waals surface area contributed by atoms with Crippen LogP contribution >= 0.6 is 0 Å². The van der Waals surface area contributed by atoms with Gasteiger partial charge in [-0.05, 0) is 30.5 Å². The van der Waals surface area contributed by atoms with E-state index in [0.29, 0.717) is 17.4 Å². The summed E-state index contributed by atoms with van der Waals surface area (Å²) in [5.41, 5.74) is 0.892. The third-order valence-electron chi connectivity index (χ3n) is 6.39. The summed E-state index contributed by atoms with van der Waals surface area (Å²) in [5, 5.41) is 8.03. The van der Waals surface area contributed by atoms with Crippen molar-refractivity contribution in [1.29, 1.82) is 0 Å². The highest BCUT2D eigenvalue weighted by atomic mass is 16.2. The average Bonchev–Trinajstić information content (AvgIpc) is 3.16. The molecule has 0 aliphatic heterocycles. The van der Waals surface area contributed by atoms with Crippen molar-refractivity contribution in [1.82, 2.24) is 24.1 Å². The van der Waals surface area contributed by atoms with E-state index in [1.165, 1.54) is 20.1 Å². The Morgan fingerprint density at radius 3 is 2.48 bits per heavy atom. The molecule has 0 saturated heterocycles. The lowest BCUT2D eigenvalue weighted by molar-refractivity contribution is -0.122. The van der Waals surface area contributed by atoms with E-state index in [4.69, 9.17) is 0 Å². The largest absolute Gasteiger partial charge is 0.353 e. The number of aryl methyl sites for hydroxylation is 1. The van der Waals surface area contributed by atoms with Gasteiger partial charge in [0.2, 0.25) is 11.7 Å². The molecule has 1 fully saturated rings. The third kappa shape index (κ3) is 4.20. The topological polar surface area (TPSA) is 90.4 Å². The first-order valence-corrected chi connectivity index (χ1v) is 11.6. The number of fused-ring (bicyclic) bond motifs is 3. The minimum Gasteiger partial charge on any atom is -0.353 e. The molecule has 2 aromatic carbocycles. The van der Waals surface area contributed by atoms with Crippen molar-refractivity contribution in [2.75, 3.05) is 0 Å². The Morgan fingerprint density at radius 2 is 1.70 bits per heavy atom. The van der Waals surface area contributed by atoms with Crippen LogP contribution in [0.1, 0.15) is 44.1 Å². The van der Waals surface area contributed by atoms with E-state index in [1.54, 1.807) is 24.3 Å². The lowest BCUT2D eigenvalue weighted by Crippen LogP contribution is -2.37. The van der Waals surface area contributed by atoms with Crippen LogP contribution in [-0.2, 0) is 17.9 Å². The fourth-order valence-corrected chi connectivity index (χ4v) is 4.69. The highest BCUT2D eigenvalue weighted by molar-refractivity contribution is 5.80. The summed E-state index contributed by atoms with van der Waals surface area (Å²) in [6.45, 7) is 0.458. The number of hydrogen-bond donors (Lipinski definition) is 1. The van der Waals surface area contributed by atoms with Crippen LogP contribution in [0.2, 0.25) is 0 Å². The normalized spacial score (nSPS) is 14.7. The summed E-state index contributed by atoms with van der Waals surface area (Å²) in [6.07, 6.45) is 5.66.